The van der Waals surface area contributed by atoms with Gasteiger partial charge in [-0.15, -0.1) is 0 Å². The Kier molecular flexibility index (Phi) is 13.3. The lowest BCUT2D eigenvalue weighted by atomic mass is 9.94. The van der Waals surface area contributed by atoms with Crippen LogP contribution >= 0.6 is 0 Å². The second kappa shape index (κ2) is 16.4. The fraction of sp³-hybridized carbons (Fsp3) is 0.452. The third-order valence-corrected chi connectivity index (χ3v) is 6.78. The molecule has 4 atom stereocenters. The number of benzene rings is 1. The second-order valence-corrected chi connectivity index (χ2v) is 9.98. The van der Waals surface area contributed by atoms with Crippen LogP contribution in [0, 0.1) is 11.8 Å². The highest BCUT2D eigenvalue weighted by atomic mass is 16.5. The second-order valence-electron chi connectivity index (χ2n) is 9.98. The summed E-state index contributed by atoms with van der Waals surface area (Å²) in [6.45, 7) is 10.2. The van der Waals surface area contributed by atoms with Crippen LogP contribution in [0.25, 0.3) is 0 Å². The zero-order valence-electron chi connectivity index (χ0n) is 23.3. The number of amides is 1. The number of nitrogens with two attached hydrogens (primary N) is 1. The SMILES string of the molecule is C=C(CCCCCC(=O)n1ccnc1)NC(/C=C/C(C)=C/C(C)C(Cc1ccccc1)OC)C(C)C(N)=O. The molecule has 1 aromatic heterocycles. The minimum Gasteiger partial charge on any atom is -0.382 e. The molecule has 2 rings (SSSR count). The van der Waals surface area contributed by atoms with Crippen molar-refractivity contribution in [2.45, 2.75) is 71.4 Å². The Morgan fingerprint density at radius 1 is 1.16 bits per heavy atom. The maximum absolute atomic E-state index is 12.0. The van der Waals surface area contributed by atoms with Gasteiger partial charge in [0.15, 0.2) is 0 Å². The molecule has 0 bridgehead atoms. The van der Waals surface area contributed by atoms with Gasteiger partial charge in [0.2, 0.25) is 11.8 Å². The number of rotatable bonds is 17. The highest BCUT2D eigenvalue weighted by Gasteiger charge is 2.20. The minimum atomic E-state index is -0.397. The first-order valence-electron chi connectivity index (χ1n) is 13.4. The summed E-state index contributed by atoms with van der Waals surface area (Å²) < 4.78 is 7.29. The third-order valence-electron chi connectivity index (χ3n) is 6.78. The molecule has 0 aliphatic rings. The van der Waals surface area contributed by atoms with Crippen molar-refractivity contribution in [2.24, 2.45) is 17.6 Å². The summed E-state index contributed by atoms with van der Waals surface area (Å²) >= 11 is 0. The summed E-state index contributed by atoms with van der Waals surface area (Å²) in [5.41, 5.74) is 8.81. The number of hydrogen-bond acceptors (Lipinski definition) is 5. The molecule has 0 aliphatic carbocycles. The average Bonchev–Trinajstić information content (AvgIpc) is 3.44. The first-order chi connectivity index (χ1) is 18.2. The Bertz CT molecular complexity index is 1060. The molecule has 0 fully saturated rings. The average molecular weight is 521 g/mol. The molecule has 1 aromatic carbocycles. The molecule has 0 spiro atoms. The van der Waals surface area contributed by atoms with Gasteiger partial charge in [-0.3, -0.25) is 14.2 Å². The summed E-state index contributed by atoms with van der Waals surface area (Å²) in [6.07, 6.45) is 15.8. The standard InChI is InChI=1S/C31H44N4O3/c1-23(20-24(2)29(38-5)21-27-13-9-7-10-14-27)16-17-28(26(4)31(32)37)34-25(3)12-8-6-11-15-30(36)35-19-18-33-22-35/h7,9-10,13-14,16-20,22,24,26,28-29,34H,3,6,8,11-12,15,21H2,1-2,4-5H3,(H2,32,37)/b17-16+,23-20+. The predicted molar refractivity (Wildman–Crippen MR) is 153 cm³/mol. The van der Waals surface area contributed by atoms with Gasteiger partial charge in [-0.1, -0.05) is 81.0 Å². The number of nitrogens with zero attached hydrogens (tertiary/aromatic N) is 2. The lowest BCUT2D eigenvalue weighted by Crippen LogP contribution is -2.39. The molecule has 4 unspecified atom stereocenters. The van der Waals surface area contributed by atoms with Crippen LogP contribution in [0.3, 0.4) is 0 Å². The minimum absolute atomic E-state index is 0.0505. The Morgan fingerprint density at radius 3 is 2.50 bits per heavy atom. The summed E-state index contributed by atoms with van der Waals surface area (Å²) in [6, 6.07) is 10.1. The van der Waals surface area contributed by atoms with Gasteiger partial charge in [0.25, 0.3) is 0 Å². The van der Waals surface area contributed by atoms with Crippen LogP contribution in [-0.2, 0) is 16.0 Å². The van der Waals surface area contributed by atoms with Crippen molar-refractivity contribution < 1.29 is 14.3 Å². The zero-order valence-corrected chi connectivity index (χ0v) is 23.3. The van der Waals surface area contributed by atoms with Crippen LogP contribution in [0.1, 0.15) is 63.2 Å². The molecule has 206 valence electrons. The number of unbranched alkanes of at least 4 members (excludes halogenated alkanes) is 2. The number of allylic oxidation sites excluding steroid dienone is 3. The van der Waals surface area contributed by atoms with Crippen LogP contribution in [0.4, 0.5) is 0 Å². The van der Waals surface area contributed by atoms with Gasteiger partial charge in [0.1, 0.15) is 6.33 Å². The van der Waals surface area contributed by atoms with E-state index in [1.54, 1.807) is 19.5 Å². The van der Waals surface area contributed by atoms with E-state index in [0.717, 1.165) is 43.4 Å². The maximum atomic E-state index is 12.0. The van der Waals surface area contributed by atoms with E-state index in [9.17, 15) is 9.59 Å². The molecular formula is C31H44N4O3. The van der Waals surface area contributed by atoms with Crippen molar-refractivity contribution in [1.82, 2.24) is 14.9 Å². The van der Waals surface area contributed by atoms with Crippen LogP contribution in [0.2, 0.25) is 0 Å². The highest BCUT2D eigenvalue weighted by Crippen LogP contribution is 2.18. The molecule has 1 heterocycles. The lowest BCUT2D eigenvalue weighted by Gasteiger charge is -2.23. The molecule has 7 nitrogen and oxygen atoms in total. The van der Waals surface area contributed by atoms with E-state index in [1.165, 1.54) is 16.5 Å². The van der Waals surface area contributed by atoms with Crippen LogP contribution in [-0.4, -0.2) is 40.6 Å². The van der Waals surface area contributed by atoms with E-state index in [4.69, 9.17) is 10.5 Å². The van der Waals surface area contributed by atoms with Gasteiger partial charge in [-0.2, -0.15) is 0 Å². The van der Waals surface area contributed by atoms with Crippen LogP contribution < -0.4 is 11.1 Å². The zero-order chi connectivity index (χ0) is 27.9. The summed E-state index contributed by atoms with van der Waals surface area (Å²) in [7, 11) is 1.75. The molecule has 0 saturated heterocycles. The van der Waals surface area contributed by atoms with Crippen molar-refractivity contribution in [3.05, 3.63) is 90.7 Å². The quantitative estimate of drug-likeness (QED) is 0.213. The topological polar surface area (TPSA) is 99.2 Å². The van der Waals surface area contributed by atoms with E-state index in [2.05, 4.69) is 42.0 Å². The number of methoxy groups -OCH3 is 1. The van der Waals surface area contributed by atoms with Crippen molar-refractivity contribution >= 4 is 11.8 Å². The van der Waals surface area contributed by atoms with Gasteiger partial charge in [-0.25, -0.2) is 4.98 Å². The van der Waals surface area contributed by atoms with Crippen LogP contribution in [0.15, 0.2) is 85.1 Å². The number of aromatic nitrogens is 2. The number of carbonyl (C=O) groups excluding carboxylic acids is 2. The normalized spacial score (nSPS) is 15.1. The summed E-state index contributed by atoms with van der Waals surface area (Å²) in [4.78, 5) is 27.9. The van der Waals surface area contributed by atoms with Gasteiger partial charge in [0, 0.05) is 37.5 Å². The third kappa shape index (κ3) is 10.9. The molecule has 0 aliphatic heterocycles. The lowest BCUT2D eigenvalue weighted by molar-refractivity contribution is -0.121. The Hall–Kier alpha value is -3.45. The number of hydrogen-bond donors (Lipinski definition) is 2. The Balaban J connectivity index is 1.88. The molecule has 0 radical (unpaired) electrons. The molecule has 1 amide bonds. The molecule has 38 heavy (non-hydrogen) atoms. The first-order valence-corrected chi connectivity index (χ1v) is 13.4. The Morgan fingerprint density at radius 2 is 1.87 bits per heavy atom. The smallest absolute Gasteiger partial charge is 0.231 e. The predicted octanol–water partition coefficient (Wildman–Crippen LogP) is 5.46. The monoisotopic (exact) mass is 520 g/mol. The number of imidazole rings is 1. The number of carbonyl (C=O) groups is 2. The molecule has 3 N–H and O–H groups in total. The molecule has 0 saturated carbocycles. The number of nitrogens with one attached hydrogen (secondary N) is 1. The largest absolute Gasteiger partial charge is 0.382 e. The van der Waals surface area contributed by atoms with E-state index in [0.29, 0.717) is 6.42 Å². The summed E-state index contributed by atoms with van der Waals surface area (Å²) in [5, 5.41) is 3.38. The van der Waals surface area contributed by atoms with E-state index in [1.807, 2.05) is 44.2 Å². The van der Waals surface area contributed by atoms with Crippen molar-refractivity contribution in [3.63, 3.8) is 0 Å². The van der Waals surface area contributed by atoms with E-state index >= 15 is 0 Å². The Labute approximate surface area is 227 Å². The van der Waals surface area contributed by atoms with Gasteiger partial charge >= 0.3 is 0 Å². The van der Waals surface area contributed by atoms with Gasteiger partial charge < -0.3 is 15.8 Å². The first kappa shape index (κ1) is 30.8. The van der Waals surface area contributed by atoms with Gasteiger partial charge in [-0.05, 0) is 38.2 Å². The summed E-state index contributed by atoms with van der Waals surface area (Å²) in [5.74, 6) is -0.504. The van der Waals surface area contributed by atoms with Crippen molar-refractivity contribution in [2.75, 3.05) is 7.11 Å². The van der Waals surface area contributed by atoms with Crippen molar-refractivity contribution in [1.29, 1.82) is 0 Å². The van der Waals surface area contributed by atoms with Gasteiger partial charge in [0.05, 0.1) is 18.1 Å². The molecule has 7 heteroatoms. The molecule has 2 aromatic rings. The number of ether oxygens (including phenoxy) is 1. The fourth-order valence-corrected chi connectivity index (χ4v) is 4.32. The fourth-order valence-electron chi connectivity index (χ4n) is 4.32. The number of primary amides is 1. The maximum Gasteiger partial charge on any atom is 0.231 e. The van der Waals surface area contributed by atoms with Crippen molar-refractivity contribution in [3.8, 4) is 0 Å². The van der Waals surface area contributed by atoms with E-state index in [-0.39, 0.29) is 29.9 Å². The van der Waals surface area contributed by atoms with Crippen LogP contribution in [0.5, 0.6) is 0 Å². The highest BCUT2D eigenvalue weighted by molar-refractivity contribution is 5.78. The molecular weight excluding hydrogens is 476 g/mol. The van der Waals surface area contributed by atoms with E-state index < -0.39 is 5.92 Å².